The molecule has 0 aromatic carbocycles. The zero-order valence-corrected chi connectivity index (χ0v) is 26.9. The molecular formula is C28H40O18. The lowest BCUT2D eigenvalue weighted by molar-refractivity contribution is -0.362. The number of esters is 7. The van der Waals surface area contributed by atoms with E-state index in [4.69, 9.17) is 52.1 Å². The van der Waals surface area contributed by atoms with Crippen LogP contribution in [0.3, 0.4) is 0 Å². The molecule has 2 aliphatic rings. The Labute approximate surface area is 264 Å². The molecule has 0 N–H and O–H groups in total. The van der Waals surface area contributed by atoms with E-state index in [-0.39, 0.29) is 0 Å². The smallest absolute Gasteiger partial charge is 0.303 e. The van der Waals surface area contributed by atoms with Crippen LogP contribution in [0.15, 0.2) is 0 Å². The number of carbonyl (C=O) groups excluding carboxylic acids is 7. The van der Waals surface area contributed by atoms with Gasteiger partial charge in [0.1, 0.15) is 31.0 Å². The molecule has 0 spiro atoms. The Morgan fingerprint density at radius 3 is 1.41 bits per heavy atom. The molecule has 2 heterocycles. The highest BCUT2D eigenvalue weighted by molar-refractivity contribution is 5.69. The van der Waals surface area contributed by atoms with Crippen molar-refractivity contribution in [1.29, 1.82) is 0 Å². The zero-order valence-electron chi connectivity index (χ0n) is 26.9. The maximum Gasteiger partial charge on any atom is 0.303 e. The van der Waals surface area contributed by atoms with Gasteiger partial charge in [-0.2, -0.15) is 0 Å². The second-order valence-electron chi connectivity index (χ2n) is 10.3. The Kier molecular flexibility index (Phi) is 14.3. The average molecular weight is 665 g/mol. The van der Waals surface area contributed by atoms with Gasteiger partial charge in [-0.25, -0.2) is 0 Å². The molecule has 2 aliphatic heterocycles. The van der Waals surface area contributed by atoms with E-state index in [1.54, 1.807) is 0 Å². The van der Waals surface area contributed by atoms with Crippen LogP contribution in [0, 0.1) is 0 Å². The summed E-state index contributed by atoms with van der Waals surface area (Å²) in [6.07, 6.45) is -16.3. The van der Waals surface area contributed by atoms with Crippen molar-refractivity contribution in [1.82, 2.24) is 0 Å². The second kappa shape index (κ2) is 17.2. The monoisotopic (exact) mass is 664 g/mol. The summed E-state index contributed by atoms with van der Waals surface area (Å²) in [6, 6.07) is 0. The van der Waals surface area contributed by atoms with Gasteiger partial charge in [-0.1, -0.05) is 0 Å². The van der Waals surface area contributed by atoms with E-state index in [0.717, 1.165) is 48.5 Å². The van der Waals surface area contributed by atoms with Crippen molar-refractivity contribution in [3.05, 3.63) is 0 Å². The maximum absolute atomic E-state index is 12.3. The predicted octanol–water partition coefficient (Wildman–Crippen LogP) is -0.359. The summed E-state index contributed by atoms with van der Waals surface area (Å²) in [5.41, 5.74) is 0. The number of hydrogen-bond acceptors (Lipinski definition) is 18. The number of methoxy groups -OCH3 is 1. The van der Waals surface area contributed by atoms with Gasteiger partial charge < -0.3 is 52.1 Å². The summed E-state index contributed by atoms with van der Waals surface area (Å²) in [7, 11) is 1.22. The van der Waals surface area contributed by atoms with Crippen LogP contribution < -0.4 is 0 Å². The quantitative estimate of drug-likeness (QED) is 0.192. The van der Waals surface area contributed by atoms with Gasteiger partial charge in [0.25, 0.3) is 0 Å². The van der Waals surface area contributed by atoms with Crippen LogP contribution in [0.25, 0.3) is 0 Å². The van der Waals surface area contributed by atoms with E-state index in [9.17, 15) is 33.6 Å². The molecule has 0 aliphatic carbocycles. The van der Waals surface area contributed by atoms with Gasteiger partial charge in [-0.05, 0) is 6.92 Å². The molecule has 0 saturated carbocycles. The topological polar surface area (TPSA) is 221 Å². The molecule has 2 saturated heterocycles. The van der Waals surface area contributed by atoms with Crippen molar-refractivity contribution in [3.63, 3.8) is 0 Å². The molecule has 2 fully saturated rings. The third kappa shape index (κ3) is 10.9. The average Bonchev–Trinajstić information content (AvgIpc) is 2.90. The Balaban J connectivity index is 2.74. The molecule has 0 aromatic heterocycles. The largest absolute Gasteiger partial charge is 0.463 e. The predicted molar refractivity (Wildman–Crippen MR) is 145 cm³/mol. The van der Waals surface area contributed by atoms with Gasteiger partial charge in [0, 0.05) is 55.6 Å². The number of carbonyl (C=O) groups is 7. The molecule has 0 aromatic rings. The summed E-state index contributed by atoms with van der Waals surface area (Å²) in [5, 5.41) is 0. The highest BCUT2D eigenvalue weighted by Gasteiger charge is 2.58. The summed E-state index contributed by atoms with van der Waals surface area (Å²) >= 11 is 0. The SMILES string of the molecule is CO[C@H]1O[C@H](COC(C)=O)[C@H](O[C@@H]2O[C@H]([C@@H](C)OC(C)=O)[C@H](OC(C)=O)[C@H](OC(C)=O)[C@H]2OC(C)=O)[C@H](OC(C)=O)[C@H]1OC(C)=O. The highest BCUT2D eigenvalue weighted by Crippen LogP contribution is 2.36. The van der Waals surface area contributed by atoms with Gasteiger partial charge in [0.2, 0.25) is 0 Å². The Hall–Kier alpha value is -3.87. The molecular weight excluding hydrogens is 624 g/mol. The second-order valence-corrected chi connectivity index (χ2v) is 10.3. The molecule has 0 unspecified atom stereocenters. The van der Waals surface area contributed by atoms with Crippen LogP contribution in [0.2, 0.25) is 0 Å². The summed E-state index contributed by atoms with van der Waals surface area (Å²) in [6.45, 7) is 8.41. The van der Waals surface area contributed by atoms with E-state index in [0.29, 0.717) is 0 Å². The molecule has 260 valence electrons. The molecule has 11 atom stereocenters. The molecule has 0 amide bonds. The van der Waals surface area contributed by atoms with E-state index in [1.165, 1.54) is 14.0 Å². The van der Waals surface area contributed by atoms with Crippen LogP contribution in [0.5, 0.6) is 0 Å². The third-order valence-electron chi connectivity index (χ3n) is 6.42. The van der Waals surface area contributed by atoms with Crippen LogP contribution in [-0.4, -0.2) is 123 Å². The summed E-state index contributed by atoms with van der Waals surface area (Å²) in [4.78, 5) is 84.6. The zero-order chi connectivity index (χ0) is 34.9. The van der Waals surface area contributed by atoms with Gasteiger partial charge >= 0.3 is 41.8 Å². The molecule has 2 rings (SSSR count). The van der Waals surface area contributed by atoms with Crippen molar-refractivity contribution in [3.8, 4) is 0 Å². The number of rotatable bonds is 12. The fraction of sp³-hybridized carbons (Fsp3) is 0.750. The molecule has 18 heteroatoms. The van der Waals surface area contributed by atoms with Crippen LogP contribution in [0.4, 0.5) is 0 Å². The van der Waals surface area contributed by atoms with E-state index in [1.807, 2.05) is 0 Å². The molecule has 0 bridgehead atoms. The number of hydrogen-bond donors (Lipinski definition) is 0. The lowest BCUT2D eigenvalue weighted by atomic mass is 9.94. The van der Waals surface area contributed by atoms with E-state index >= 15 is 0 Å². The van der Waals surface area contributed by atoms with Crippen molar-refractivity contribution in [2.45, 2.75) is 123 Å². The van der Waals surface area contributed by atoms with Gasteiger partial charge in [-0.15, -0.1) is 0 Å². The van der Waals surface area contributed by atoms with Gasteiger partial charge in [0.15, 0.2) is 43.1 Å². The number of ether oxygens (including phenoxy) is 11. The minimum atomic E-state index is -1.77. The van der Waals surface area contributed by atoms with Crippen molar-refractivity contribution < 1.29 is 85.7 Å². The normalized spacial score (nSPS) is 31.3. The van der Waals surface area contributed by atoms with E-state index < -0.39 is 116 Å². The van der Waals surface area contributed by atoms with Gasteiger partial charge in [-0.3, -0.25) is 33.6 Å². The Morgan fingerprint density at radius 2 is 0.978 bits per heavy atom. The lowest BCUT2D eigenvalue weighted by Gasteiger charge is -2.49. The fourth-order valence-corrected chi connectivity index (χ4v) is 4.98. The minimum absolute atomic E-state index is 0.508. The van der Waals surface area contributed by atoms with Crippen LogP contribution in [-0.2, 0) is 85.7 Å². The highest BCUT2D eigenvalue weighted by atomic mass is 16.8. The van der Waals surface area contributed by atoms with Crippen molar-refractivity contribution in [2.24, 2.45) is 0 Å². The molecule has 0 radical (unpaired) electrons. The van der Waals surface area contributed by atoms with Gasteiger partial charge in [0.05, 0.1) is 0 Å². The first-order chi connectivity index (χ1) is 21.4. The summed E-state index contributed by atoms with van der Waals surface area (Å²) in [5.74, 6) is -5.77. The van der Waals surface area contributed by atoms with Crippen LogP contribution in [0.1, 0.15) is 55.4 Å². The van der Waals surface area contributed by atoms with E-state index in [2.05, 4.69) is 0 Å². The van der Waals surface area contributed by atoms with Crippen molar-refractivity contribution >= 4 is 41.8 Å². The minimum Gasteiger partial charge on any atom is -0.463 e. The fourth-order valence-electron chi connectivity index (χ4n) is 4.98. The molecule has 46 heavy (non-hydrogen) atoms. The maximum atomic E-state index is 12.3. The first kappa shape index (κ1) is 38.3. The molecule has 18 nitrogen and oxygen atoms in total. The Morgan fingerprint density at radius 1 is 0.543 bits per heavy atom. The third-order valence-corrected chi connectivity index (χ3v) is 6.42. The first-order valence-corrected chi connectivity index (χ1v) is 14.1. The Bertz CT molecular complexity index is 1140. The van der Waals surface area contributed by atoms with Crippen molar-refractivity contribution in [2.75, 3.05) is 13.7 Å². The standard InChI is InChI=1S/C28H40O18/c1-11(38-13(3)30)20-22(39-14(4)31)24(41-16(6)33)26(43-18(8)35)28(45-20)46-21-19(10-37-12(2)29)44-27(36-9)25(42-17(7)34)23(21)40-15(5)32/h11,19-28H,10H2,1-9H3/t11-,19-,20-,21+,22+,23+,24+,25-,26-,27+,28+/m1/s1. The summed E-state index contributed by atoms with van der Waals surface area (Å²) < 4.78 is 61.2. The first-order valence-electron chi connectivity index (χ1n) is 14.1. The van der Waals surface area contributed by atoms with Crippen LogP contribution >= 0.6 is 0 Å². The lowest BCUT2D eigenvalue weighted by Crippen LogP contribution is -2.68.